The number of para-hydroxylation sites is 1. The molecule has 8 nitrogen and oxygen atoms in total. The topological polar surface area (TPSA) is 91.0 Å². The van der Waals surface area contributed by atoms with Gasteiger partial charge in [-0.3, -0.25) is 19.3 Å². The van der Waals surface area contributed by atoms with Crippen LogP contribution in [-0.2, 0) is 19.1 Å². The lowest BCUT2D eigenvalue weighted by Gasteiger charge is -2.40. The maximum atomic E-state index is 12.8. The standard InChI is InChI=1S/C21H30N4O4/c1-14(2)25-16-8-6-5-7-15(16)17(20(25)28)23-19(27)18(26)22-13-21(3,4)24-9-11-29-12-10-24/h5-8,14,17H,9-13H2,1-4H3,(H,22,26)(H,23,27)/t17-/m1/s1. The number of carbonyl (C=O) groups is 3. The lowest BCUT2D eigenvalue weighted by Crippen LogP contribution is -2.56. The minimum Gasteiger partial charge on any atom is -0.379 e. The summed E-state index contributed by atoms with van der Waals surface area (Å²) in [4.78, 5) is 41.6. The fourth-order valence-electron chi connectivity index (χ4n) is 3.87. The molecule has 0 aromatic heterocycles. The van der Waals surface area contributed by atoms with Crippen molar-refractivity contribution < 1.29 is 19.1 Å². The molecule has 0 saturated carbocycles. The van der Waals surface area contributed by atoms with Crippen LogP contribution in [0.1, 0.15) is 39.3 Å². The predicted molar refractivity (Wildman–Crippen MR) is 109 cm³/mol. The van der Waals surface area contributed by atoms with Gasteiger partial charge >= 0.3 is 11.8 Å². The molecule has 1 atom stereocenters. The van der Waals surface area contributed by atoms with Crippen LogP contribution in [0.4, 0.5) is 5.69 Å². The summed E-state index contributed by atoms with van der Waals surface area (Å²) in [6, 6.07) is 6.43. The minimum absolute atomic E-state index is 0.0475. The smallest absolute Gasteiger partial charge is 0.310 e. The van der Waals surface area contributed by atoms with Crippen LogP contribution in [0.25, 0.3) is 0 Å². The average Bonchev–Trinajstić information content (AvgIpc) is 2.98. The van der Waals surface area contributed by atoms with Crippen molar-refractivity contribution in [2.75, 3.05) is 37.7 Å². The van der Waals surface area contributed by atoms with Crippen LogP contribution in [0.3, 0.4) is 0 Å². The Morgan fingerprint density at radius 2 is 1.83 bits per heavy atom. The van der Waals surface area contributed by atoms with Crippen molar-refractivity contribution in [1.82, 2.24) is 15.5 Å². The summed E-state index contributed by atoms with van der Waals surface area (Å²) < 4.78 is 5.37. The van der Waals surface area contributed by atoms with Crippen molar-refractivity contribution in [3.05, 3.63) is 29.8 Å². The normalized spacial score (nSPS) is 20.0. The maximum Gasteiger partial charge on any atom is 0.310 e. The summed E-state index contributed by atoms with van der Waals surface area (Å²) in [7, 11) is 0. The van der Waals surface area contributed by atoms with Gasteiger partial charge in [0, 0.05) is 42.5 Å². The SMILES string of the molecule is CC(C)N1C(=O)[C@H](NC(=O)C(=O)NCC(C)(C)N2CCOCC2)c2ccccc21. The maximum absolute atomic E-state index is 12.8. The number of anilines is 1. The van der Waals surface area contributed by atoms with E-state index in [1.807, 2.05) is 45.9 Å². The highest BCUT2D eigenvalue weighted by molar-refractivity contribution is 6.35. The fraction of sp³-hybridized carbons (Fsp3) is 0.571. The van der Waals surface area contributed by atoms with Crippen LogP contribution < -0.4 is 15.5 Å². The second-order valence-corrected chi connectivity index (χ2v) is 8.36. The zero-order chi connectivity index (χ0) is 21.2. The highest BCUT2D eigenvalue weighted by Gasteiger charge is 2.40. The number of nitrogens with one attached hydrogen (secondary N) is 2. The Morgan fingerprint density at radius 1 is 1.17 bits per heavy atom. The van der Waals surface area contributed by atoms with Gasteiger partial charge in [-0.05, 0) is 33.8 Å². The highest BCUT2D eigenvalue weighted by Crippen LogP contribution is 2.36. The number of benzene rings is 1. The molecule has 3 rings (SSSR count). The minimum atomic E-state index is -0.848. The van der Waals surface area contributed by atoms with Crippen LogP contribution in [0.2, 0.25) is 0 Å². The van der Waals surface area contributed by atoms with E-state index in [0.717, 1.165) is 18.8 Å². The molecule has 1 aromatic carbocycles. The van der Waals surface area contributed by atoms with E-state index in [9.17, 15) is 14.4 Å². The Morgan fingerprint density at radius 3 is 2.48 bits per heavy atom. The van der Waals surface area contributed by atoms with Crippen LogP contribution in [0.5, 0.6) is 0 Å². The third-order valence-electron chi connectivity index (χ3n) is 5.54. The molecule has 2 aliphatic heterocycles. The van der Waals surface area contributed by atoms with Crippen molar-refractivity contribution in [2.24, 2.45) is 0 Å². The van der Waals surface area contributed by atoms with Crippen LogP contribution in [0.15, 0.2) is 24.3 Å². The van der Waals surface area contributed by atoms with Crippen molar-refractivity contribution in [2.45, 2.75) is 45.3 Å². The molecule has 2 N–H and O–H groups in total. The molecule has 0 bridgehead atoms. The van der Waals surface area contributed by atoms with E-state index in [-0.39, 0.29) is 17.5 Å². The summed E-state index contributed by atoms with van der Waals surface area (Å²) in [6.07, 6.45) is 0. The molecule has 29 heavy (non-hydrogen) atoms. The molecule has 3 amide bonds. The molecule has 0 spiro atoms. The van der Waals surface area contributed by atoms with E-state index in [4.69, 9.17) is 4.74 Å². The largest absolute Gasteiger partial charge is 0.379 e. The number of carbonyl (C=O) groups excluding carboxylic acids is 3. The molecule has 1 fully saturated rings. The average molecular weight is 402 g/mol. The summed E-state index contributed by atoms with van der Waals surface area (Å²) >= 11 is 0. The second kappa shape index (κ2) is 8.51. The molecule has 2 aliphatic rings. The van der Waals surface area contributed by atoms with Crippen LogP contribution in [0, 0.1) is 0 Å². The predicted octanol–water partition coefficient (Wildman–Crippen LogP) is 0.826. The van der Waals surface area contributed by atoms with E-state index in [2.05, 4.69) is 15.5 Å². The lowest BCUT2D eigenvalue weighted by atomic mass is 10.0. The van der Waals surface area contributed by atoms with Crippen LogP contribution >= 0.6 is 0 Å². The van der Waals surface area contributed by atoms with E-state index in [1.54, 1.807) is 11.0 Å². The van der Waals surface area contributed by atoms with E-state index >= 15 is 0 Å². The molecule has 0 aliphatic carbocycles. The van der Waals surface area contributed by atoms with Crippen molar-refractivity contribution >= 4 is 23.4 Å². The van der Waals surface area contributed by atoms with Gasteiger partial charge in [0.2, 0.25) is 0 Å². The molecule has 1 saturated heterocycles. The Bertz CT molecular complexity index is 787. The van der Waals surface area contributed by atoms with Gasteiger partial charge in [-0.15, -0.1) is 0 Å². The zero-order valence-corrected chi connectivity index (χ0v) is 17.5. The molecule has 1 aromatic rings. The quantitative estimate of drug-likeness (QED) is 0.712. The fourth-order valence-corrected chi connectivity index (χ4v) is 3.87. The molecule has 8 heteroatoms. The first-order valence-corrected chi connectivity index (χ1v) is 10.1. The van der Waals surface area contributed by atoms with Gasteiger partial charge in [-0.25, -0.2) is 0 Å². The number of hydrogen-bond donors (Lipinski definition) is 2. The number of morpholine rings is 1. The van der Waals surface area contributed by atoms with E-state index < -0.39 is 17.9 Å². The first-order chi connectivity index (χ1) is 13.7. The molecule has 158 valence electrons. The van der Waals surface area contributed by atoms with Crippen molar-refractivity contribution in [3.8, 4) is 0 Å². The van der Waals surface area contributed by atoms with Gasteiger partial charge < -0.3 is 20.3 Å². The molecule has 0 radical (unpaired) electrons. The number of fused-ring (bicyclic) bond motifs is 1. The third-order valence-corrected chi connectivity index (χ3v) is 5.54. The summed E-state index contributed by atoms with van der Waals surface area (Å²) in [6.45, 7) is 11.1. The Hall–Kier alpha value is -2.45. The number of hydrogen-bond acceptors (Lipinski definition) is 5. The van der Waals surface area contributed by atoms with E-state index in [1.165, 1.54) is 0 Å². The molecular weight excluding hydrogens is 372 g/mol. The Balaban J connectivity index is 1.62. The summed E-state index contributed by atoms with van der Waals surface area (Å²) in [5.41, 5.74) is 1.18. The summed E-state index contributed by atoms with van der Waals surface area (Å²) in [5.74, 6) is -1.77. The van der Waals surface area contributed by atoms with Crippen molar-refractivity contribution in [1.29, 1.82) is 0 Å². The molecular formula is C21H30N4O4. The molecule has 0 unspecified atom stereocenters. The van der Waals surface area contributed by atoms with Crippen LogP contribution in [-0.4, -0.2) is 67.1 Å². The number of ether oxygens (including phenoxy) is 1. The van der Waals surface area contributed by atoms with Gasteiger partial charge in [-0.2, -0.15) is 0 Å². The lowest BCUT2D eigenvalue weighted by molar-refractivity contribution is -0.140. The first kappa shape index (κ1) is 21.3. The second-order valence-electron chi connectivity index (χ2n) is 8.36. The molecule has 2 heterocycles. The first-order valence-electron chi connectivity index (χ1n) is 10.1. The number of nitrogens with zero attached hydrogens (tertiary/aromatic N) is 2. The Labute approximate surface area is 171 Å². The third kappa shape index (κ3) is 4.43. The van der Waals surface area contributed by atoms with Crippen molar-refractivity contribution in [3.63, 3.8) is 0 Å². The summed E-state index contributed by atoms with van der Waals surface area (Å²) in [5, 5.41) is 5.32. The number of amides is 3. The zero-order valence-electron chi connectivity index (χ0n) is 17.5. The number of rotatable bonds is 5. The highest BCUT2D eigenvalue weighted by atomic mass is 16.5. The van der Waals surface area contributed by atoms with Gasteiger partial charge in [0.1, 0.15) is 6.04 Å². The Kier molecular flexibility index (Phi) is 6.24. The van der Waals surface area contributed by atoms with Gasteiger partial charge in [-0.1, -0.05) is 18.2 Å². The van der Waals surface area contributed by atoms with Gasteiger partial charge in [0.05, 0.1) is 13.2 Å². The van der Waals surface area contributed by atoms with Gasteiger partial charge in [0.25, 0.3) is 5.91 Å². The van der Waals surface area contributed by atoms with Gasteiger partial charge in [0.15, 0.2) is 0 Å². The van der Waals surface area contributed by atoms with E-state index in [0.29, 0.717) is 25.3 Å². The monoisotopic (exact) mass is 402 g/mol.